The molecule has 1 aliphatic carbocycles. The summed E-state index contributed by atoms with van der Waals surface area (Å²) in [6.45, 7) is 4.40. The van der Waals surface area contributed by atoms with Crippen LogP contribution >= 0.6 is 12.0 Å². The zero-order valence-corrected chi connectivity index (χ0v) is 12.9. The third-order valence-electron chi connectivity index (χ3n) is 3.60. The second-order valence-corrected chi connectivity index (χ2v) is 6.05. The van der Waals surface area contributed by atoms with Gasteiger partial charge in [0.2, 0.25) is 0 Å². The first kappa shape index (κ1) is 15.4. The van der Waals surface area contributed by atoms with E-state index in [2.05, 4.69) is 31.2 Å². The lowest BCUT2D eigenvalue weighted by molar-refractivity contribution is -0.149. The molecule has 2 rings (SSSR count). The molecule has 0 heterocycles. The molecule has 0 radical (unpaired) electrons. The van der Waals surface area contributed by atoms with Crippen molar-refractivity contribution in [1.82, 2.24) is 0 Å². The first-order valence-electron chi connectivity index (χ1n) is 7.25. The average Bonchev–Trinajstić information content (AvgIpc) is 2.47. The van der Waals surface area contributed by atoms with Crippen LogP contribution in [0.15, 0.2) is 29.2 Å². The van der Waals surface area contributed by atoms with Crippen LogP contribution in [0.4, 0.5) is 0 Å². The van der Waals surface area contributed by atoms with Gasteiger partial charge in [-0.25, -0.2) is 0 Å². The van der Waals surface area contributed by atoms with Gasteiger partial charge in [0, 0.05) is 16.9 Å². The van der Waals surface area contributed by atoms with E-state index in [9.17, 15) is 4.79 Å². The van der Waals surface area contributed by atoms with E-state index in [-0.39, 0.29) is 18.0 Å². The van der Waals surface area contributed by atoms with Gasteiger partial charge in [0.05, 0.1) is 18.6 Å². The molecule has 4 heteroatoms. The number of benzene rings is 1. The summed E-state index contributed by atoms with van der Waals surface area (Å²) in [7, 11) is 0. The number of esters is 1. The van der Waals surface area contributed by atoms with Crippen molar-refractivity contribution in [3.05, 3.63) is 29.8 Å². The Morgan fingerprint density at radius 1 is 1.20 bits per heavy atom. The van der Waals surface area contributed by atoms with Crippen molar-refractivity contribution < 1.29 is 13.7 Å². The van der Waals surface area contributed by atoms with Gasteiger partial charge in [-0.15, -0.1) is 0 Å². The van der Waals surface area contributed by atoms with Crippen LogP contribution in [0, 0.1) is 12.8 Å². The minimum absolute atomic E-state index is 0.0443. The van der Waals surface area contributed by atoms with Gasteiger partial charge in [0.25, 0.3) is 0 Å². The van der Waals surface area contributed by atoms with Crippen molar-refractivity contribution in [3.63, 3.8) is 0 Å². The lowest BCUT2D eigenvalue weighted by atomic mass is 9.87. The molecule has 0 spiro atoms. The number of carbonyl (C=O) groups is 1. The quantitative estimate of drug-likeness (QED) is 0.604. The van der Waals surface area contributed by atoms with E-state index >= 15 is 0 Å². The Kier molecular flexibility index (Phi) is 5.92. The van der Waals surface area contributed by atoms with E-state index in [1.165, 1.54) is 17.6 Å². The Balaban J connectivity index is 1.72. The molecule has 0 N–H and O–H groups in total. The van der Waals surface area contributed by atoms with Crippen molar-refractivity contribution in [3.8, 4) is 0 Å². The molecule has 0 amide bonds. The number of hydrogen-bond acceptors (Lipinski definition) is 4. The van der Waals surface area contributed by atoms with Gasteiger partial charge in [-0.2, -0.15) is 0 Å². The highest BCUT2D eigenvalue weighted by Crippen LogP contribution is 2.31. The van der Waals surface area contributed by atoms with E-state index in [4.69, 9.17) is 8.92 Å². The lowest BCUT2D eigenvalue weighted by Gasteiger charge is -2.26. The summed E-state index contributed by atoms with van der Waals surface area (Å²) in [5.41, 5.74) is 1.25. The second kappa shape index (κ2) is 7.70. The minimum Gasteiger partial charge on any atom is -0.466 e. The van der Waals surface area contributed by atoms with Gasteiger partial charge in [-0.1, -0.05) is 17.7 Å². The number of aryl methyl sites for hydroxylation is 1. The van der Waals surface area contributed by atoms with Gasteiger partial charge in [0.15, 0.2) is 0 Å². The van der Waals surface area contributed by atoms with Gasteiger partial charge < -0.3 is 8.92 Å². The molecular formula is C16H22O3S. The Morgan fingerprint density at radius 2 is 1.85 bits per heavy atom. The number of ether oxygens (including phenoxy) is 1. The molecule has 0 aromatic heterocycles. The molecule has 110 valence electrons. The fourth-order valence-corrected chi connectivity index (χ4v) is 3.06. The maximum Gasteiger partial charge on any atom is 0.308 e. The Morgan fingerprint density at radius 3 is 2.45 bits per heavy atom. The van der Waals surface area contributed by atoms with Crippen LogP contribution in [0.1, 0.15) is 38.2 Å². The number of rotatable bonds is 5. The first-order chi connectivity index (χ1) is 9.69. The third kappa shape index (κ3) is 4.53. The summed E-state index contributed by atoms with van der Waals surface area (Å²) in [4.78, 5) is 12.8. The maximum atomic E-state index is 11.6. The van der Waals surface area contributed by atoms with Crippen LogP contribution < -0.4 is 0 Å². The number of carbonyl (C=O) groups excluding carboxylic acids is 1. The normalized spacial score (nSPS) is 22.5. The molecule has 0 aliphatic heterocycles. The predicted molar refractivity (Wildman–Crippen MR) is 80.5 cm³/mol. The Labute approximate surface area is 125 Å². The van der Waals surface area contributed by atoms with Crippen LogP contribution in [-0.4, -0.2) is 18.7 Å². The van der Waals surface area contributed by atoms with Crippen molar-refractivity contribution >= 4 is 18.0 Å². The smallest absolute Gasteiger partial charge is 0.308 e. The second-order valence-electron chi connectivity index (χ2n) is 5.22. The molecule has 0 unspecified atom stereocenters. The van der Waals surface area contributed by atoms with Crippen molar-refractivity contribution in [2.24, 2.45) is 5.92 Å². The summed E-state index contributed by atoms with van der Waals surface area (Å²) in [5.74, 6) is 0.0244. The topological polar surface area (TPSA) is 35.5 Å². The SMILES string of the molecule is CCOC(=O)C1CCC(OSc2ccc(C)cc2)CC1. The van der Waals surface area contributed by atoms with Gasteiger partial charge in [-0.05, 0) is 51.7 Å². The number of hydrogen-bond donors (Lipinski definition) is 0. The monoisotopic (exact) mass is 294 g/mol. The van der Waals surface area contributed by atoms with E-state index in [0.717, 1.165) is 30.6 Å². The fraction of sp³-hybridized carbons (Fsp3) is 0.562. The van der Waals surface area contributed by atoms with Crippen LogP contribution in [0.5, 0.6) is 0 Å². The molecule has 1 aromatic rings. The predicted octanol–water partition coefficient (Wildman–Crippen LogP) is 4.14. The molecule has 1 aromatic carbocycles. The Hall–Kier alpha value is -1.00. The van der Waals surface area contributed by atoms with E-state index in [0.29, 0.717) is 6.61 Å². The largest absolute Gasteiger partial charge is 0.466 e. The molecule has 1 fully saturated rings. The maximum absolute atomic E-state index is 11.6. The summed E-state index contributed by atoms with van der Waals surface area (Å²) < 4.78 is 10.9. The standard InChI is InChI=1S/C16H22O3S/c1-3-18-16(17)13-6-8-14(9-7-13)19-20-15-10-4-12(2)5-11-15/h4-5,10-11,13-14H,3,6-9H2,1-2H3. The molecule has 0 bridgehead atoms. The lowest BCUT2D eigenvalue weighted by Crippen LogP contribution is -2.26. The van der Waals surface area contributed by atoms with Crippen molar-refractivity contribution in [2.75, 3.05) is 6.61 Å². The Bertz CT molecular complexity index is 422. The van der Waals surface area contributed by atoms with Crippen LogP contribution in [0.3, 0.4) is 0 Å². The zero-order valence-electron chi connectivity index (χ0n) is 12.1. The van der Waals surface area contributed by atoms with Gasteiger partial charge in [0.1, 0.15) is 0 Å². The van der Waals surface area contributed by atoms with Crippen LogP contribution in [-0.2, 0) is 13.7 Å². The van der Waals surface area contributed by atoms with Crippen LogP contribution in [0.2, 0.25) is 0 Å². The summed E-state index contributed by atoms with van der Waals surface area (Å²) >= 11 is 1.44. The molecule has 20 heavy (non-hydrogen) atoms. The zero-order chi connectivity index (χ0) is 14.4. The molecular weight excluding hydrogens is 272 g/mol. The molecule has 0 saturated heterocycles. The van der Waals surface area contributed by atoms with Crippen molar-refractivity contribution in [1.29, 1.82) is 0 Å². The third-order valence-corrected chi connectivity index (χ3v) is 4.43. The highest BCUT2D eigenvalue weighted by Gasteiger charge is 2.27. The summed E-state index contributed by atoms with van der Waals surface area (Å²) in [5, 5.41) is 0. The average molecular weight is 294 g/mol. The van der Waals surface area contributed by atoms with Gasteiger partial charge >= 0.3 is 5.97 Å². The highest BCUT2D eigenvalue weighted by molar-refractivity contribution is 7.94. The van der Waals surface area contributed by atoms with E-state index in [1.807, 2.05) is 6.92 Å². The van der Waals surface area contributed by atoms with E-state index < -0.39 is 0 Å². The van der Waals surface area contributed by atoms with Crippen LogP contribution in [0.25, 0.3) is 0 Å². The molecule has 0 atom stereocenters. The highest BCUT2D eigenvalue weighted by atomic mass is 32.2. The van der Waals surface area contributed by atoms with Crippen molar-refractivity contribution in [2.45, 2.75) is 50.5 Å². The first-order valence-corrected chi connectivity index (χ1v) is 8.00. The minimum atomic E-state index is -0.0443. The fourth-order valence-electron chi connectivity index (χ4n) is 2.37. The molecule has 3 nitrogen and oxygen atoms in total. The molecule has 1 saturated carbocycles. The summed E-state index contributed by atoms with van der Waals surface area (Å²) in [6, 6.07) is 8.32. The summed E-state index contributed by atoms with van der Waals surface area (Å²) in [6.07, 6.45) is 3.85. The van der Waals surface area contributed by atoms with Gasteiger partial charge in [-0.3, -0.25) is 4.79 Å². The molecule has 1 aliphatic rings. The van der Waals surface area contributed by atoms with E-state index in [1.54, 1.807) is 0 Å².